The van der Waals surface area contributed by atoms with Crippen molar-refractivity contribution in [1.82, 2.24) is 5.32 Å². The molecule has 1 aromatic carbocycles. The smallest absolute Gasteiger partial charge is 0.0388 e. The molecule has 1 atom stereocenters. The van der Waals surface area contributed by atoms with E-state index in [2.05, 4.69) is 48.5 Å². The van der Waals surface area contributed by atoms with Gasteiger partial charge in [0.05, 0.1) is 0 Å². The average molecular weight is 243 g/mol. The van der Waals surface area contributed by atoms with E-state index in [9.17, 15) is 0 Å². The van der Waals surface area contributed by atoms with Crippen molar-refractivity contribution in [2.45, 2.75) is 13.0 Å². The quantitative estimate of drug-likeness (QED) is 0.833. The number of benzene rings is 1. The van der Waals surface area contributed by atoms with Gasteiger partial charge in [-0.05, 0) is 29.5 Å². The molecule has 1 heterocycles. The number of hydrogen-bond acceptors (Lipinski definition) is 2. The van der Waals surface area contributed by atoms with Crippen LogP contribution in [0.15, 0.2) is 54.4 Å². The van der Waals surface area contributed by atoms with Crippen LogP contribution < -0.4 is 5.32 Å². The summed E-state index contributed by atoms with van der Waals surface area (Å²) in [6, 6.07) is 14.9. The fourth-order valence-corrected chi connectivity index (χ4v) is 2.45. The minimum Gasteiger partial charge on any atom is -0.305 e. The van der Waals surface area contributed by atoms with Crippen molar-refractivity contribution >= 4 is 16.9 Å². The van der Waals surface area contributed by atoms with E-state index in [-0.39, 0.29) is 0 Å². The van der Waals surface area contributed by atoms with Crippen LogP contribution in [0.1, 0.15) is 23.4 Å². The summed E-state index contributed by atoms with van der Waals surface area (Å²) >= 11 is 1.79. The molecule has 0 bridgehead atoms. The fraction of sp³-hybridized carbons (Fsp3) is 0.200. The Morgan fingerprint density at radius 1 is 1.24 bits per heavy atom. The maximum atomic E-state index is 4.12. The molecule has 1 aromatic heterocycles. The van der Waals surface area contributed by atoms with E-state index in [1.54, 1.807) is 11.3 Å². The molecule has 2 aromatic rings. The monoisotopic (exact) mass is 243 g/mol. The maximum absolute atomic E-state index is 4.12. The molecular weight excluding hydrogens is 226 g/mol. The van der Waals surface area contributed by atoms with Gasteiger partial charge in [0.1, 0.15) is 0 Å². The van der Waals surface area contributed by atoms with E-state index in [1.807, 2.05) is 18.2 Å². The van der Waals surface area contributed by atoms with Crippen LogP contribution in [0.5, 0.6) is 0 Å². The summed E-state index contributed by atoms with van der Waals surface area (Å²) in [5, 5.41) is 5.60. The lowest BCUT2D eigenvalue weighted by Gasteiger charge is -2.13. The Bertz CT molecular complexity index is 459. The minimum absolute atomic E-state index is 0.385. The van der Waals surface area contributed by atoms with Crippen molar-refractivity contribution in [2.24, 2.45) is 0 Å². The highest BCUT2D eigenvalue weighted by molar-refractivity contribution is 7.10. The molecule has 0 radical (unpaired) electrons. The van der Waals surface area contributed by atoms with Crippen LogP contribution >= 0.6 is 11.3 Å². The Hall–Kier alpha value is -1.38. The predicted octanol–water partition coefficient (Wildman–Crippen LogP) is 4.11. The normalized spacial score (nSPS) is 12.3. The van der Waals surface area contributed by atoms with Gasteiger partial charge in [0.2, 0.25) is 0 Å². The lowest BCUT2D eigenvalue weighted by atomic mass is 10.1. The first-order valence-corrected chi connectivity index (χ1v) is 6.65. The molecule has 2 rings (SSSR count). The summed E-state index contributed by atoms with van der Waals surface area (Å²) < 4.78 is 0. The van der Waals surface area contributed by atoms with Gasteiger partial charge >= 0.3 is 0 Å². The first-order valence-electron chi connectivity index (χ1n) is 5.77. The Morgan fingerprint density at radius 3 is 2.65 bits per heavy atom. The molecule has 17 heavy (non-hydrogen) atoms. The summed E-state index contributed by atoms with van der Waals surface area (Å²) in [6.45, 7) is 7.13. The molecule has 1 N–H and O–H groups in total. The third-order valence-electron chi connectivity index (χ3n) is 2.77. The van der Waals surface area contributed by atoms with E-state index in [0.717, 1.165) is 12.1 Å². The van der Waals surface area contributed by atoms with Gasteiger partial charge in [-0.15, -0.1) is 11.3 Å². The van der Waals surface area contributed by atoms with Crippen LogP contribution in [-0.2, 0) is 0 Å². The van der Waals surface area contributed by atoms with Crippen molar-refractivity contribution < 1.29 is 0 Å². The van der Waals surface area contributed by atoms with Crippen LogP contribution in [0.2, 0.25) is 0 Å². The highest BCUT2D eigenvalue weighted by atomic mass is 32.1. The van der Waals surface area contributed by atoms with Crippen LogP contribution in [0.4, 0.5) is 0 Å². The van der Waals surface area contributed by atoms with Gasteiger partial charge in [-0.3, -0.25) is 0 Å². The van der Waals surface area contributed by atoms with Crippen molar-refractivity contribution in [3.63, 3.8) is 0 Å². The minimum atomic E-state index is 0.385. The average Bonchev–Trinajstić information content (AvgIpc) is 2.90. The van der Waals surface area contributed by atoms with E-state index >= 15 is 0 Å². The molecular formula is C15H17NS. The number of hydrogen-bond donors (Lipinski definition) is 1. The zero-order chi connectivity index (χ0) is 12.1. The third-order valence-corrected chi connectivity index (χ3v) is 3.83. The molecule has 0 saturated heterocycles. The first-order chi connectivity index (χ1) is 8.27. The van der Waals surface area contributed by atoms with Crippen LogP contribution in [0.3, 0.4) is 0 Å². The van der Waals surface area contributed by atoms with Crippen molar-refractivity contribution in [1.29, 1.82) is 0 Å². The molecule has 0 aliphatic carbocycles. The van der Waals surface area contributed by atoms with Gasteiger partial charge in [0.25, 0.3) is 0 Å². The van der Waals surface area contributed by atoms with Crippen LogP contribution in [0, 0.1) is 0 Å². The van der Waals surface area contributed by atoms with Crippen molar-refractivity contribution in [3.05, 3.63) is 64.9 Å². The SMILES string of the molecule is C=C(CNC(C)c1cccs1)c1ccccc1. The topological polar surface area (TPSA) is 12.0 Å². The molecule has 2 heteroatoms. The van der Waals surface area contributed by atoms with Crippen LogP contribution in [0.25, 0.3) is 5.57 Å². The van der Waals surface area contributed by atoms with E-state index in [1.165, 1.54) is 10.4 Å². The number of nitrogens with one attached hydrogen (secondary N) is 1. The number of thiophene rings is 1. The molecule has 0 amide bonds. The first kappa shape index (κ1) is 12.1. The van der Waals surface area contributed by atoms with Crippen molar-refractivity contribution in [3.8, 4) is 0 Å². The third kappa shape index (κ3) is 3.29. The molecule has 88 valence electrons. The lowest BCUT2D eigenvalue weighted by molar-refractivity contribution is 0.633. The van der Waals surface area contributed by atoms with Crippen LogP contribution in [-0.4, -0.2) is 6.54 Å². The zero-order valence-electron chi connectivity index (χ0n) is 10.0. The van der Waals surface area contributed by atoms with Gasteiger partial charge in [0, 0.05) is 17.5 Å². The molecule has 1 unspecified atom stereocenters. The van der Waals surface area contributed by atoms with Gasteiger partial charge in [0.15, 0.2) is 0 Å². The van der Waals surface area contributed by atoms with Crippen molar-refractivity contribution in [2.75, 3.05) is 6.54 Å². The summed E-state index contributed by atoms with van der Waals surface area (Å²) in [6.07, 6.45) is 0. The van der Waals surface area contributed by atoms with Gasteiger partial charge < -0.3 is 5.32 Å². The molecule has 0 saturated carbocycles. The second kappa shape index (κ2) is 5.80. The zero-order valence-corrected chi connectivity index (χ0v) is 10.8. The Labute approximate surface area is 107 Å². The Balaban J connectivity index is 1.89. The summed E-state index contributed by atoms with van der Waals surface area (Å²) in [5.74, 6) is 0. The van der Waals surface area contributed by atoms with E-state index in [0.29, 0.717) is 6.04 Å². The summed E-state index contributed by atoms with van der Waals surface area (Å²) in [5.41, 5.74) is 2.34. The Morgan fingerprint density at radius 2 is 2.00 bits per heavy atom. The maximum Gasteiger partial charge on any atom is 0.0388 e. The highest BCUT2D eigenvalue weighted by Crippen LogP contribution is 2.19. The van der Waals surface area contributed by atoms with E-state index < -0.39 is 0 Å². The predicted molar refractivity (Wildman–Crippen MR) is 76.2 cm³/mol. The second-order valence-electron chi connectivity index (χ2n) is 4.09. The molecule has 0 fully saturated rings. The largest absolute Gasteiger partial charge is 0.305 e. The van der Waals surface area contributed by atoms with Gasteiger partial charge in [-0.25, -0.2) is 0 Å². The molecule has 0 aliphatic heterocycles. The summed E-state index contributed by atoms with van der Waals surface area (Å²) in [7, 11) is 0. The highest BCUT2D eigenvalue weighted by Gasteiger charge is 2.06. The molecule has 0 spiro atoms. The van der Waals surface area contributed by atoms with Gasteiger partial charge in [-0.2, -0.15) is 0 Å². The fourth-order valence-electron chi connectivity index (χ4n) is 1.69. The van der Waals surface area contributed by atoms with Gasteiger partial charge in [-0.1, -0.05) is 43.0 Å². The van der Waals surface area contributed by atoms with E-state index in [4.69, 9.17) is 0 Å². The molecule has 0 aliphatic rings. The number of rotatable bonds is 5. The lowest BCUT2D eigenvalue weighted by Crippen LogP contribution is -2.19. The standard InChI is InChI=1S/C15H17NS/c1-12(14-7-4-3-5-8-14)11-16-13(2)15-9-6-10-17-15/h3-10,13,16H,1,11H2,2H3. The summed E-state index contributed by atoms with van der Waals surface area (Å²) in [4.78, 5) is 1.37. The second-order valence-corrected chi connectivity index (χ2v) is 5.07. The Kier molecular flexibility index (Phi) is 4.13. The molecule has 1 nitrogen and oxygen atoms in total.